The van der Waals surface area contributed by atoms with E-state index in [0.717, 1.165) is 16.9 Å². The number of nitrogens with one attached hydrogen (secondary N) is 1. The van der Waals surface area contributed by atoms with E-state index in [-0.39, 0.29) is 0 Å². The predicted molar refractivity (Wildman–Crippen MR) is 48.5 cm³/mol. The van der Waals surface area contributed by atoms with Gasteiger partial charge in [0.1, 0.15) is 5.76 Å². The second-order valence-electron chi connectivity index (χ2n) is 2.62. The van der Waals surface area contributed by atoms with Crippen LogP contribution in [-0.2, 0) is 0 Å². The Hall–Kier alpha value is -1.78. The Morgan fingerprint density at radius 1 is 1.69 bits per heavy atom. The third kappa shape index (κ3) is 2.33. The number of amides is 2. The molecule has 0 saturated carbocycles. The zero-order chi connectivity index (χ0) is 9.84. The summed E-state index contributed by atoms with van der Waals surface area (Å²) in [6.07, 6.45) is 3.12. The number of aryl methyl sites for hydroxylation is 2. The maximum absolute atomic E-state index is 10.3. The van der Waals surface area contributed by atoms with Crippen molar-refractivity contribution in [2.45, 2.75) is 13.8 Å². The molecular weight excluding hydrogens is 170 g/mol. The van der Waals surface area contributed by atoms with E-state index in [1.165, 1.54) is 6.21 Å². The number of rotatable bonds is 2. The molecule has 0 radical (unpaired) electrons. The highest BCUT2D eigenvalue weighted by Gasteiger charge is 2.02. The number of nitrogens with zero attached hydrogens (tertiary/aromatic N) is 1. The van der Waals surface area contributed by atoms with Gasteiger partial charge in [-0.05, 0) is 19.4 Å². The van der Waals surface area contributed by atoms with Gasteiger partial charge in [-0.2, -0.15) is 5.10 Å². The van der Waals surface area contributed by atoms with E-state index in [1.807, 2.05) is 13.8 Å². The first-order chi connectivity index (χ1) is 6.11. The van der Waals surface area contributed by atoms with Gasteiger partial charge in [-0.15, -0.1) is 0 Å². The normalized spacial score (nSPS) is 10.6. The number of nitrogens with two attached hydrogens (primary N) is 1. The topological polar surface area (TPSA) is 80.6 Å². The summed E-state index contributed by atoms with van der Waals surface area (Å²) in [5.41, 5.74) is 8.75. The molecule has 0 atom stereocenters. The molecule has 3 N–H and O–H groups in total. The zero-order valence-corrected chi connectivity index (χ0v) is 7.50. The van der Waals surface area contributed by atoms with E-state index < -0.39 is 6.03 Å². The van der Waals surface area contributed by atoms with Gasteiger partial charge < -0.3 is 10.2 Å². The molecule has 0 unspecified atom stereocenters. The average molecular weight is 181 g/mol. The minimum absolute atomic E-state index is 0.685. The maximum Gasteiger partial charge on any atom is 0.332 e. The molecule has 1 aromatic heterocycles. The molecule has 0 aliphatic heterocycles. The Kier molecular flexibility index (Phi) is 2.69. The summed E-state index contributed by atoms with van der Waals surface area (Å²) in [7, 11) is 0. The van der Waals surface area contributed by atoms with Crippen LogP contribution in [0, 0.1) is 13.8 Å². The van der Waals surface area contributed by atoms with Crippen LogP contribution in [0.25, 0.3) is 0 Å². The van der Waals surface area contributed by atoms with Crippen molar-refractivity contribution in [1.82, 2.24) is 5.43 Å². The van der Waals surface area contributed by atoms with E-state index >= 15 is 0 Å². The Morgan fingerprint density at radius 2 is 2.38 bits per heavy atom. The Morgan fingerprint density at radius 3 is 2.85 bits per heavy atom. The van der Waals surface area contributed by atoms with Gasteiger partial charge in [0.2, 0.25) is 0 Å². The van der Waals surface area contributed by atoms with Gasteiger partial charge in [0.15, 0.2) is 0 Å². The molecule has 0 saturated heterocycles. The standard InChI is InChI=1S/C8H11N3O2/c1-5-4-13-6(2)7(5)3-10-11-8(9)12/h3-4H,1-2H3,(H3,9,11,12)/b10-3+. The van der Waals surface area contributed by atoms with Crippen LogP contribution in [0.3, 0.4) is 0 Å². The maximum atomic E-state index is 10.3. The number of carbonyl (C=O) groups excluding carboxylic acids is 1. The van der Waals surface area contributed by atoms with Crippen molar-refractivity contribution in [2.75, 3.05) is 0 Å². The van der Waals surface area contributed by atoms with Gasteiger partial charge in [0.25, 0.3) is 0 Å². The van der Waals surface area contributed by atoms with Crippen molar-refractivity contribution in [3.05, 3.63) is 23.2 Å². The summed E-state index contributed by atoms with van der Waals surface area (Å²) in [6, 6.07) is -0.685. The van der Waals surface area contributed by atoms with E-state index in [2.05, 4.69) is 10.5 Å². The first-order valence-electron chi connectivity index (χ1n) is 3.74. The SMILES string of the molecule is Cc1coc(C)c1/C=N/NC(N)=O. The molecule has 0 aromatic carbocycles. The second kappa shape index (κ2) is 3.75. The second-order valence-corrected chi connectivity index (χ2v) is 2.62. The summed E-state index contributed by atoms with van der Waals surface area (Å²) in [6.45, 7) is 3.71. The minimum Gasteiger partial charge on any atom is -0.469 e. The highest BCUT2D eigenvalue weighted by atomic mass is 16.3. The Labute approximate surface area is 75.6 Å². The van der Waals surface area contributed by atoms with E-state index in [0.29, 0.717) is 0 Å². The van der Waals surface area contributed by atoms with Crippen LogP contribution in [0.15, 0.2) is 15.8 Å². The van der Waals surface area contributed by atoms with Crippen LogP contribution >= 0.6 is 0 Å². The molecule has 2 amide bonds. The fourth-order valence-electron chi connectivity index (χ4n) is 0.935. The summed E-state index contributed by atoms with van der Waals surface area (Å²) in [4.78, 5) is 10.3. The van der Waals surface area contributed by atoms with E-state index in [1.54, 1.807) is 6.26 Å². The van der Waals surface area contributed by atoms with Crippen LogP contribution in [0.1, 0.15) is 16.9 Å². The number of hydrazone groups is 1. The van der Waals surface area contributed by atoms with Crippen molar-refractivity contribution in [3.63, 3.8) is 0 Å². The Bertz CT molecular complexity index is 322. The van der Waals surface area contributed by atoms with E-state index in [4.69, 9.17) is 10.2 Å². The molecule has 0 bridgehead atoms. The molecule has 0 aliphatic rings. The van der Waals surface area contributed by atoms with Crippen molar-refractivity contribution in [1.29, 1.82) is 0 Å². The van der Waals surface area contributed by atoms with Gasteiger partial charge >= 0.3 is 6.03 Å². The van der Waals surface area contributed by atoms with Crippen molar-refractivity contribution >= 4 is 12.2 Å². The van der Waals surface area contributed by atoms with Crippen LogP contribution in [0.5, 0.6) is 0 Å². The summed E-state index contributed by atoms with van der Waals surface area (Å²) >= 11 is 0. The molecule has 0 aliphatic carbocycles. The highest BCUT2D eigenvalue weighted by molar-refractivity contribution is 5.84. The minimum atomic E-state index is -0.685. The number of furan rings is 1. The lowest BCUT2D eigenvalue weighted by molar-refractivity contribution is 0.249. The van der Waals surface area contributed by atoms with Gasteiger partial charge in [-0.1, -0.05) is 0 Å². The number of hydrogen-bond acceptors (Lipinski definition) is 3. The van der Waals surface area contributed by atoms with Crippen LogP contribution in [0.2, 0.25) is 0 Å². The largest absolute Gasteiger partial charge is 0.469 e. The molecule has 13 heavy (non-hydrogen) atoms. The molecule has 1 rings (SSSR count). The number of primary amides is 1. The molecular formula is C8H11N3O2. The first-order valence-corrected chi connectivity index (χ1v) is 3.74. The molecule has 0 spiro atoms. The fourth-order valence-corrected chi connectivity index (χ4v) is 0.935. The average Bonchev–Trinajstić information content (AvgIpc) is 2.34. The molecule has 0 fully saturated rings. The zero-order valence-electron chi connectivity index (χ0n) is 7.50. The lowest BCUT2D eigenvalue weighted by Crippen LogP contribution is -2.24. The quantitative estimate of drug-likeness (QED) is 0.525. The molecule has 5 heteroatoms. The monoisotopic (exact) mass is 181 g/mol. The van der Waals surface area contributed by atoms with Crippen molar-refractivity contribution in [3.8, 4) is 0 Å². The third-order valence-corrected chi connectivity index (χ3v) is 1.59. The predicted octanol–water partition coefficient (Wildman–Crippen LogP) is 0.899. The fraction of sp³-hybridized carbons (Fsp3) is 0.250. The van der Waals surface area contributed by atoms with Crippen LogP contribution in [0.4, 0.5) is 4.79 Å². The van der Waals surface area contributed by atoms with Gasteiger partial charge in [-0.25, -0.2) is 10.2 Å². The van der Waals surface area contributed by atoms with Gasteiger partial charge in [0.05, 0.1) is 12.5 Å². The summed E-state index contributed by atoms with van der Waals surface area (Å²) in [5.74, 6) is 0.757. The number of urea groups is 1. The molecule has 1 heterocycles. The van der Waals surface area contributed by atoms with Crippen LogP contribution in [-0.4, -0.2) is 12.2 Å². The Balaban J connectivity index is 2.73. The first kappa shape index (κ1) is 9.31. The third-order valence-electron chi connectivity index (χ3n) is 1.59. The molecule has 70 valence electrons. The van der Waals surface area contributed by atoms with Gasteiger partial charge in [-0.3, -0.25) is 0 Å². The van der Waals surface area contributed by atoms with Crippen molar-refractivity contribution < 1.29 is 9.21 Å². The molecule has 5 nitrogen and oxygen atoms in total. The van der Waals surface area contributed by atoms with Gasteiger partial charge in [0, 0.05) is 5.56 Å². The van der Waals surface area contributed by atoms with Crippen molar-refractivity contribution in [2.24, 2.45) is 10.8 Å². The summed E-state index contributed by atoms with van der Waals surface area (Å²) in [5, 5.41) is 3.63. The summed E-state index contributed by atoms with van der Waals surface area (Å²) < 4.78 is 5.12. The van der Waals surface area contributed by atoms with Crippen LogP contribution < -0.4 is 11.2 Å². The molecule has 1 aromatic rings. The number of hydrogen-bond donors (Lipinski definition) is 2. The lowest BCUT2D eigenvalue weighted by Gasteiger charge is -1.92. The van der Waals surface area contributed by atoms with E-state index in [9.17, 15) is 4.79 Å². The highest BCUT2D eigenvalue weighted by Crippen LogP contribution is 2.12. The lowest BCUT2D eigenvalue weighted by atomic mass is 10.2. The smallest absolute Gasteiger partial charge is 0.332 e. The number of carbonyl (C=O) groups is 1.